The number of nitrogens with one attached hydrogen (secondary N) is 1. The van der Waals surface area contributed by atoms with E-state index >= 15 is 0 Å². The summed E-state index contributed by atoms with van der Waals surface area (Å²) in [6.07, 6.45) is 2.92. The van der Waals surface area contributed by atoms with Gasteiger partial charge in [-0.2, -0.15) is 0 Å². The number of fused-ring (bicyclic) bond motifs is 1. The van der Waals surface area contributed by atoms with Crippen molar-refractivity contribution in [2.24, 2.45) is 0 Å². The number of rotatable bonds is 5. The maximum atomic E-state index is 5.96. The van der Waals surface area contributed by atoms with Crippen molar-refractivity contribution >= 4 is 0 Å². The first kappa shape index (κ1) is 12.3. The highest BCUT2D eigenvalue weighted by molar-refractivity contribution is 4.89. The highest BCUT2D eigenvalue weighted by Gasteiger charge is 2.35. The summed E-state index contributed by atoms with van der Waals surface area (Å²) in [4.78, 5) is 2.57. The number of hydrogen-bond acceptors (Lipinski definition) is 4. The van der Waals surface area contributed by atoms with Gasteiger partial charge >= 0.3 is 0 Å². The lowest BCUT2D eigenvalue weighted by Crippen LogP contribution is -2.55. The van der Waals surface area contributed by atoms with Crippen LogP contribution in [-0.4, -0.2) is 63.0 Å². The second-order valence-corrected chi connectivity index (χ2v) is 4.72. The number of ether oxygens (including phenoxy) is 2. The van der Waals surface area contributed by atoms with E-state index in [0.29, 0.717) is 12.1 Å². The molecule has 4 heteroatoms. The van der Waals surface area contributed by atoms with Crippen LogP contribution in [0.2, 0.25) is 0 Å². The third-order valence-corrected chi connectivity index (χ3v) is 3.74. The molecule has 0 amide bonds. The van der Waals surface area contributed by atoms with Crippen LogP contribution in [0.25, 0.3) is 0 Å². The van der Waals surface area contributed by atoms with Crippen LogP contribution >= 0.6 is 0 Å². The van der Waals surface area contributed by atoms with E-state index in [4.69, 9.17) is 9.47 Å². The summed E-state index contributed by atoms with van der Waals surface area (Å²) in [5, 5.41) is 3.31. The van der Waals surface area contributed by atoms with Gasteiger partial charge in [0.2, 0.25) is 0 Å². The molecule has 3 unspecified atom stereocenters. The zero-order valence-electron chi connectivity index (χ0n) is 10.4. The van der Waals surface area contributed by atoms with Gasteiger partial charge in [0.25, 0.3) is 0 Å². The van der Waals surface area contributed by atoms with Gasteiger partial charge < -0.3 is 14.8 Å². The standard InChI is InChI=1S/C12H24N2O2/c1-3-15-9-11(13-2)12-7-14-6-4-5-10(14)8-16-12/h10-13H,3-9H2,1-2H3. The fourth-order valence-corrected chi connectivity index (χ4v) is 2.71. The van der Waals surface area contributed by atoms with E-state index in [-0.39, 0.29) is 6.10 Å². The molecule has 2 rings (SSSR count). The molecule has 0 aromatic rings. The molecule has 0 saturated carbocycles. The van der Waals surface area contributed by atoms with Crippen LogP contribution in [0.3, 0.4) is 0 Å². The van der Waals surface area contributed by atoms with Crippen molar-refractivity contribution in [2.75, 3.05) is 40.0 Å². The molecule has 1 N–H and O–H groups in total. The zero-order chi connectivity index (χ0) is 11.4. The minimum absolute atomic E-state index is 0.283. The number of hydrogen-bond donors (Lipinski definition) is 1. The van der Waals surface area contributed by atoms with Crippen LogP contribution in [-0.2, 0) is 9.47 Å². The Bertz CT molecular complexity index is 213. The molecule has 16 heavy (non-hydrogen) atoms. The molecular weight excluding hydrogens is 204 g/mol. The minimum atomic E-state index is 0.283. The molecule has 2 aliphatic rings. The third kappa shape index (κ3) is 2.74. The number of likely N-dealkylation sites (N-methyl/N-ethyl adjacent to an activating group) is 1. The smallest absolute Gasteiger partial charge is 0.0877 e. The topological polar surface area (TPSA) is 33.7 Å². The predicted molar refractivity (Wildman–Crippen MR) is 63.7 cm³/mol. The molecule has 2 heterocycles. The Balaban J connectivity index is 1.83. The lowest BCUT2D eigenvalue weighted by atomic mass is 10.1. The predicted octanol–water partition coefficient (Wildman–Crippen LogP) is 0.474. The molecule has 3 atom stereocenters. The molecule has 0 aromatic carbocycles. The van der Waals surface area contributed by atoms with Gasteiger partial charge in [-0.05, 0) is 33.4 Å². The lowest BCUT2D eigenvalue weighted by Gasteiger charge is -2.38. The van der Waals surface area contributed by atoms with Crippen molar-refractivity contribution in [3.63, 3.8) is 0 Å². The molecular formula is C12H24N2O2. The molecule has 0 bridgehead atoms. The Hall–Kier alpha value is -0.160. The summed E-state index contributed by atoms with van der Waals surface area (Å²) in [7, 11) is 1.99. The molecule has 2 saturated heterocycles. The van der Waals surface area contributed by atoms with Crippen LogP contribution in [0, 0.1) is 0 Å². The molecule has 0 spiro atoms. The van der Waals surface area contributed by atoms with Gasteiger partial charge in [0.1, 0.15) is 0 Å². The average molecular weight is 228 g/mol. The van der Waals surface area contributed by atoms with Gasteiger partial charge in [-0.25, -0.2) is 0 Å². The van der Waals surface area contributed by atoms with E-state index < -0.39 is 0 Å². The molecule has 2 fully saturated rings. The van der Waals surface area contributed by atoms with E-state index in [1.165, 1.54) is 19.4 Å². The van der Waals surface area contributed by atoms with Crippen molar-refractivity contribution in [1.29, 1.82) is 0 Å². The number of morpholine rings is 1. The Kier molecular flexibility index (Phi) is 4.58. The van der Waals surface area contributed by atoms with Gasteiger partial charge in [-0.3, -0.25) is 4.90 Å². The van der Waals surface area contributed by atoms with Gasteiger partial charge in [0, 0.05) is 19.2 Å². The van der Waals surface area contributed by atoms with E-state index in [1.54, 1.807) is 0 Å². The summed E-state index contributed by atoms with van der Waals surface area (Å²) in [5.41, 5.74) is 0. The maximum Gasteiger partial charge on any atom is 0.0877 e. The third-order valence-electron chi connectivity index (χ3n) is 3.74. The molecule has 94 valence electrons. The summed E-state index contributed by atoms with van der Waals surface area (Å²) in [6, 6.07) is 1.00. The summed E-state index contributed by atoms with van der Waals surface area (Å²) < 4.78 is 11.4. The highest BCUT2D eigenvalue weighted by Crippen LogP contribution is 2.23. The summed E-state index contributed by atoms with van der Waals surface area (Å²) >= 11 is 0. The second-order valence-electron chi connectivity index (χ2n) is 4.72. The first-order valence-corrected chi connectivity index (χ1v) is 6.45. The van der Waals surface area contributed by atoms with Crippen LogP contribution in [0.15, 0.2) is 0 Å². The Labute approximate surface area is 98.3 Å². The van der Waals surface area contributed by atoms with Crippen molar-refractivity contribution in [2.45, 2.75) is 38.0 Å². The average Bonchev–Trinajstić information content (AvgIpc) is 2.77. The van der Waals surface area contributed by atoms with E-state index in [2.05, 4.69) is 10.2 Å². The number of nitrogens with zero attached hydrogens (tertiary/aromatic N) is 1. The van der Waals surface area contributed by atoms with Crippen LogP contribution in [0.4, 0.5) is 0 Å². The highest BCUT2D eigenvalue weighted by atomic mass is 16.5. The van der Waals surface area contributed by atoms with Crippen molar-refractivity contribution in [3.05, 3.63) is 0 Å². The molecule has 0 radical (unpaired) electrons. The van der Waals surface area contributed by atoms with Crippen LogP contribution < -0.4 is 5.32 Å². The van der Waals surface area contributed by atoms with Gasteiger partial charge in [-0.15, -0.1) is 0 Å². The van der Waals surface area contributed by atoms with E-state index in [9.17, 15) is 0 Å². The fourth-order valence-electron chi connectivity index (χ4n) is 2.71. The van der Waals surface area contributed by atoms with Gasteiger partial charge in [-0.1, -0.05) is 0 Å². The lowest BCUT2D eigenvalue weighted by molar-refractivity contribution is -0.0752. The summed E-state index contributed by atoms with van der Waals surface area (Å²) in [5.74, 6) is 0. The molecule has 0 aromatic heterocycles. The van der Waals surface area contributed by atoms with Crippen molar-refractivity contribution in [1.82, 2.24) is 10.2 Å². The van der Waals surface area contributed by atoms with E-state index in [0.717, 1.165) is 26.4 Å². The Morgan fingerprint density at radius 2 is 2.44 bits per heavy atom. The molecule has 2 aliphatic heterocycles. The monoisotopic (exact) mass is 228 g/mol. The van der Waals surface area contributed by atoms with E-state index in [1.807, 2.05) is 14.0 Å². The first-order chi connectivity index (χ1) is 7.85. The van der Waals surface area contributed by atoms with Crippen molar-refractivity contribution in [3.8, 4) is 0 Å². The zero-order valence-corrected chi connectivity index (χ0v) is 10.4. The summed E-state index contributed by atoms with van der Waals surface area (Å²) in [6.45, 7) is 6.76. The molecule has 4 nitrogen and oxygen atoms in total. The first-order valence-electron chi connectivity index (χ1n) is 6.45. The normalized spacial score (nSPS) is 32.6. The second kappa shape index (κ2) is 5.96. The van der Waals surface area contributed by atoms with Crippen molar-refractivity contribution < 1.29 is 9.47 Å². The largest absolute Gasteiger partial charge is 0.380 e. The van der Waals surface area contributed by atoms with Crippen LogP contribution in [0.5, 0.6) is 0 Å². The fraction of sp³-hybridized carbons (Fsp3) is 1.00. The van der Waals surface area contributed by atoms with Crippen LogP contribution in [0.1, 0.15) is 19.8 Å². The van der Waals surface area contributed by atoms with Gasteiger partial charge in [0.15, 0.2) is 0 Å². The quantitative estimate of drug-likeness (QED) is 0.742. The SMILES string of the molecule is CCOCC(NC)C1CN2CCCC2CO1. The minimum Gasteiger partial charge on any atom is -0.380 e. The van der Waals surface area contributed by atoms with Gasteiger partial charge in [0.05, 0.1) is 25.4 Å². The Morgan fingerprint density at radius 3 is 3.19 bits per heavy atom. The Morgan fingerprint density at radius 1 is 1.56 bits per heavy atom. The maximum absolute atomic E-state index is 5.96. The molecule has 0 aliphatic carbocycles.